The van der Waals surface area contributed by atoms with Gasteiger partial charge in [0.05, 0.1) is 11.8 Å². The van der Waals surface area contributed by atoms with Crippen LogP contribution in [0.5, 0.6) is 5.75 Å². The summed E-state index contributed by atoms with van der Waals surface area (Å²) in [5.74, 6) is 0.119. The molecule has 1 heterocycles. The number of amides is 2. The van der Waals surface area contributed by atoms with E-state index >= 15 is 0 Å². The van der Waals surface area contributed by atoms with Crippen LogP contribution in [-0.2, 0) is 27.2 Å². The van der Waals surface area contributed by atoms with Crippen molar-refractivity contribution in [1.82, 2.24) is 4.90 Å². The Kier molecular flexibility index (Phi) is 5.16. The standard InChI is InChI=1S/C29H29NO4/c1-2-6-17-9-11-19(12-10-17)34-29(33)24(15-18-7-4-3-5-8-18)30-27(31)25-20-13-14-21(23-16-22(20)23)26(25)28(30)32/h3-5,7-14,20-26H,2,6,15-16H2,1H3/t20-,21-,22-,23-,24+,25-,26+/m1/s1. The van der Waals surface area contributed by atoms with Crippen molar-refractivity contribution in [2.45, 2.75) is 38.6 Å². The van der Waals surface area contributed by atoms with E-state index in [1.165, 1.54) is 10.5 Å². The molecule has 5 heteroatoms. The van der Waals surface area contributed by atoms with Gasteiger partial charge in [-0.1, -0.05) is 68.0 Å². The number of allylic oxidation sites excluding steroid dienone is 2. The Morgan fingerprint density at radius 3 is 2.12 bits per heavy atom. The van der Waals surface area contributed by atoms with Gasteiger partial charge in [0.2, 0.25) is 11.8 Å². The summed E-state index contributed by atoms with van der Waals surface area (Å²) < 4.78 is 5.74. The second-order valence-corrected chi connectivity index (χ2v) is 10.2. The van der Waals surface area contributed by atoms with Crippen molar-refractivity contribution >= 4 is 17.8 Å². The van der Waals surface area contributed by atoms with Gasteiger partial charge in [-0.05, 0) is 59.8 Å². The molecule has 5 nitrogen and oxygen atoms in total. The van der Waals surface area contributed by atoms with Gasteiger partial charge in [-0.25, -0.2) is 4.79 Å². The van der Waals surface area contributed by atoms with Crippen LogP contribution < -0.4 is 4.74 Å². The number of hydrogen-bond acceptors (Lipinski definition) is 4. The molecule has 7 rings (SSSR count). The number of nitrogens with zero attached hydrogens (tertiary/aromatic N) is 1. The molecule has 1 aliphatic heterocycles. The van der Waals surface area contributed by atoms with E-state index in [9.17, 15) is 14.4 Å². The fourth-order valence-corrected chi connectivity index (χ4v) is 6.60. The number of carbonyl (C=O) groups excluding carboxylic acids is 3. The first kappa shape index (κ1) is 21.3. The number of aryl methyl sites for hydroxylation is 1. The molecular weight excluding hydrogens is 426 g/mol. The molecule has 2 bridgehead atoms. The van der Waals surface area contributed by atoms with E-state index in [0.29, 0.717) is 17.6 Å². The first-order valence-electron chi connectivity index (χ1n) is 12.5. The lowest BCUT2D eigenvalue weighted by atomic mass is 9.63. The Balaban J connectivity index is 1.29. The summed E-state index contributed by atoms with van der Waals surface area (Å²) in [5.41, 5.74) is 2.07. The first-order chi connectivity index (χ1) is 16.6. The number of ether oxygens (including phenoxy) is 1. The van der Waals surface area contributed by atoms with Crippen LogP contribution in [0.15, 0.2) is 66.7 Å². The highest BCUT2D eigenvalue weighted by Gasteiger charge is 2.68. The van der Waals surface area contributed by atoms with Crippen LogP contribution in [0.1, 0.15) is 30.9 Å². The molecule has 5 aliphatic rings. The Hall–Kier alpha value is -3.21. The number of likely N-dealkylation sites (tertiary alicyclic amines) is 1. The number of imide groups is 1. The van der Waals surface area contributed by atoms with Gasteiger partial charge in [-0.2, -0.15) is 0 Å². The van der Waals surface area contributed by atoms with Crippen LogP contribution in [0.2, 0.25) is 0 Å². The van der Waals surface area contributed by atoms with Crippen LogP contribution in [-0.4, -0.2) is 28.7 Å². The fraction of sp³-hybridized carbons (Fsp3) is 0.414. The molecule has 174 valence electrons. The van der Waals surface area contributed by atoms with E-state index in [1.807, 2.05) is 42.5 Å². The van der Waals surface area contributed by atoms with E-state index in [2.05, 4.69) is 19.1 Å². The maximum atomic E-state index is 13.7. The van der Waals surface area contributed by atoms with Crippen molar-refractivity contribution in [2.24, 2.45) is 35.5 Å². The Labute approximate surface area is 199 Å². The fourth-order valence-electron chi connectivity index (χ4n) is 6.60. The average Bonchev–Trinajstić information content (AvgIpc) is 3.63. The predicted octanol–water partition coefficient (Wildman–Crippen LogP) is 4.21. The summed E-state index contributed by atoms with van der Waals surface area (Å²) >= 11 is 0. The van der Waals surface area contributed by atoms with Crippen LogP contribution in [0.3, 0.4) is 0 Å². The number of esters is 1. The van der Waals surface area contributed by atoms with Crippen molar-refractivity contribution in [3.05, 3.63) is 77.9 Å². The highest BCUT2D eigenvalue weighted by atomic mass is 16.5. The van der Waals surface area contributed by atoms with Crippen LogP contribution in [0.4, 0.5) is 0 Å². The van der Waals surface area contributed by atoms with Crippen molar-refractivity contribution < 1.29 is 19.1 Å². The maximum Gasteiger partial charge on any atom is 0.335 e. The molecule has 2 aromatic rings. The minimum atomic E-state index is -0.973. The molecule has 2 aromatic carbocycles. The van der Waals surface area contributed by atoms with E-state index < -0.39 is 12.0 Å². The largest absolute Gasteiger partial charge is 0.425 e. The van der Waals surface area contributed by atoms with Crippen LogP contribution in [0, 0.1) is 35.5 Å². The molecular formula is C29H29NO4. The quantitative estimate of drug-likeness (QED) is 0.272. The zero-order valence-electron chi connectivity index (χ0n) is 19.3. The SMILES string of the molecule is CCCc1ccc(OC(=O)[C@H](Cc2ccccc2)N2C(=O)[C@@H]3[C@@H]4C=C[C@H]([C@H]5C[C@H]45)[C@@H]3C2=O)cc1. The zero-order valence-corrected chi connectivity index (χ0v) is 19.3. The molecule has 0 N–H and O–H groups in total. The van der Waals surface area contributed by atoms with E-state index in [-0.39, 0.29) is 41.9 Å². The molecule has 1 saturated heterocycles. The molecule has 34 heavy (non-hydrogen) atoms. The second-order valence-electron chi connectivity index (χ2n) is 10.2. The summed E-state index contributed by atoms with van der Waals surface area (Å²) in [6.45, 7) is 2.12. The smallest absolute Gasteiger partial charge is 0.335 e. The van der Waals surface area contributed by atoms with Gasteiger partial charge in [-0.3, -0.25) is 14.5 Å². The lowest BCUT2D eigenvalue weighted by Gasteiger charge is -2.37. The lowest BCUT2D eigenvalue weighted by molar-refractivity contribution is -0.153. The average molecular weight is 456 g/mol. The molecule has 0 unspecified atom stereocenters. The Bertz CT molecular complexity index is 1120. The third kappa shape index (κ3) is 3.41. The van der Waals surface area contributed by atoms with Crippen molar-refractivity contribution in [3.63, 3.8) is 0 Å². The van der Waals surface area contributed by atoms with Gasteiger partial charge in [-0.15, -0.1) is 0 Å². The lowest BCUT2D eigenvalue weighted by Crippen LogP contribution is -2.48. The molecule has 2 amide bonds. The third-order valence-corrected chi connectivity index (χ3v) is 8.23. The molecule has 0 radical (unpaired) electrons. The molecule has 7 atom stereocenters. The van der Waals surface area contributed by atoms with E-state index in [0.717, 1.165) is 24.8 Å². The van der Waals surface area contributed by atoms with Crippen molar-refractivity contribution in [3.8, 4) is 5.75 Å². The maximum absolute atomic E-state index is 13.7. The van der Waals surface area contributed by atoms with Gasteiger partial charge in [0.25, 0.3) is 0 Å². The molecule has 4 aliphatic carbocycles. The number of carbonyl (C=O) groups is 3. The van der Waals surface area contributed by atoms with Gasteiger partial charge >= 0.3 is 5.97 Å². The van der Waals surface area contributed by atoms with E-state index in [4.69, 9.17) is 4.74 Å². The number of benzene rings is 2. The van der Waals surface area contributed by atoms with Crippen LogP contribution in [0.25, 0.3) is 0 Å². The third-order valence-electron chi connectivity index (χ3n) is 8.23. The molecule has 2 saturated carbocycles. The first-order valence-corrected chi connectivity index (χ1v) is 12.5. The number of rotatable bonds is 7. The molecule has 0 spiro atoms. The van der Waals surface area contributed by atoms with E-state index in [1.54, 1.807) is 12.1 Å². The second kappa shape index (κ2) is 8.23. The molecule has 0 aromatic heterocycles. The topological polar surface area (TPSA) is 63.7 Å². The van der Waals surface area contributed by atoms with Gasteiger partial charge < -0.3 is 4.74 Å². The monoisotopic (exact) mass is 455 g/mol. The van der Waals surface area contributed by atoms with Crippen LogP contribution >= 0.6 is 0 Å². The van der Waals surface area contributed by atoms with Gasteiger partial charge in [0.15, 0.2) is 0 Å². The normalized spacial score (nSPS) is 31.3. The summed E-state index contributed by atoms with van der Waals surface area (Å²) in [5, 5.41) is 0. The summed E-state index contributed by atoms with van der Waals surface area (Å²) in [7, 11) is 0. The summed E-state index contributed by atoms with van der Waals surface area (Å²) in [6, 6.07) is 16.0. The summed E-state index contributed by atoms with van der Waals surface area (Å²) in [4.78, 5) is 42.1. The predicted molar refractivity (Wildman–Crippen MR) is 127 cm³/mol. The molecule has 3 fully saturated rings. The highest BCUT2D eigenvalue weighted by molar-refractivity contribution is 6.09. The highest BCUT2D eigenvalue weighted by Crippen LogP contribution is 2.65. The number of hydrogen-bond donors (Lipinski definition) is 0. The minimum Gasteiger partial charge on any atom is -0.425 e. The summed E-state index contributed by atoms with van der Waals surface area (Å²) in [6.07, 6.45) is 7.66. The Morgan fingerprint density at radius 1 is 0.912 bits per heavy atom. The Morgan fingerprint density at radius 2 is 1.53 bits per heavy atom. The zero-order chi connectivity index (χ0) is 23.4. The minimum absolute atomic E-state index is 0.126. The van der Waals surface area contributed by atoms with Crippen molar-refractivity contribution in [1.29, 1.82) is 0 Å². The van der Waals surface area contributed by atoms with Crippen molar-refractivity contribution in [2.75, 3.05) is 0 Å². The van der Waals surface area contributed by atoms with Gasteiger partial charge in [0.1, 0.15) is 11.8 Å². The van der Waals surface area contributed by atoms with Gasteiger partial charge in [0, 0.05) is 6.42 Å².